The lowest BCUT2D eigenvalue weighted by molar-refractivity contribution is -0.123. The van der Waals surface area contributed by atoms with Gasteiger partial charge in [0.2, 0.25) is 5.91 Å². The number of rotatable bonds is 3. The van der Waals surface area contributed by atoms with Crippen LogP contribution in [0.5, 0.6) is 0 Å². The van der Waals surface area contributed by atoms with Crippen molar-refractivity contribution in [3.63, 3.8) is 0 Å². The molecule has 0 fully saturated rings. The first-order chi connectivity index (χ1) is 8.11. The summed E-state index contributed by atoms with van der Waals surface area (Å²) < 4.78 is 0. The molecule has 4 N–H and O–H groups in total. The van der Waals surface area contributed by atoms with Gasteiger partial charge in [-0.05, 0) is 36.1 Å². The van der Waals surface area contributed by atoms with Gasteiger partial charge in [0, 0.05) is 18.8 Å². The summed E-state index contributed by atoms with van der Waals surface area (Å²) in [6.07, 6.45) is 1.71. The molecule has 0 spiro atoms. The van der Waals surface area contributed by atoms with Gasteiger partial charge in [-0.2, -0.15) is 0 Å². The van der Waals surface area contributed by atoms with Crippen molar-refractivity contribution in [2.45, 2.75) is 32.4 Å². The molecule has 1 heterocycles. The summed E-state index contributed by atoms with van der Waals surface area (Å²) in [6, 6.07) is 5.84. The Morgan fingerprint density at radius 1 is 1.47 bits per heavy atom. The second kappa shape index (κ2) is 4.75. The molecule has 0 aliphatic carbocycles. The largest absolute Gasteiger partial charge is 0.399 e. The first-order valence-electron chi connectivity index (χ1n) is 6.02. The van der Waals surface area contributed by atoms with E-state index >= 15 is 0 Å². The molecule has 0 aromatic heterocycles. The van der Waals surface area contributed by atoms with Crippen molar-refractivity contribution in [3.05, 3.63) is 29.3 Å². The number of hydrogen-bond donors (Lipinski definition) is 2. The van der Waals surface area contributed by atoms with Crippen molar-refractivity contribution >= 4 is 11.6 Å². The number of amides is 1. The van der Waals surface area contributed by atoms with Crippen LogP contribution in [0.1, 0.15) is 24.5 Å². The van der Waals surface area contributed by atoms with Gasteiger partial charge in [-0.3, -0.25) is 9.69 Å². The van der Waals surface area contributed by atoms with Gasteiger partial charge in [0.05, 0.1) is 6.04 Å². The van der Waals surface area contributed by atoms with Crippen LogP contribution in [0.15, 0.2) is 18.2 Å². The average molecular weight is 233 g/mol. The molecule has 1 aromatic carbocycles. The number of hydrogen-bond acceptors (Lipinski definition) is 3. The van der Waals surface area contributed by atoms with Gasteiger partial charge < -0.3 is 11.5 Å². The van der Waals surface area contributed by atoms with E-state index in [9.17, 15) is 4.79 Å². The Hall–Kier alpha value is -1.55. The number of benzene rings is 1. The van der Waals surface area contributed by atoms with Gasteiger partial charge in [0.25, 0.3) is 0 Å². The molecule has 17 heavy (non-hydrogen) atoms. The summed E-state index contributed by atoms with van der Waals surface area (Å²) in [6.45, 7) is 3.64. The summed E-state index contributed by atoms with van der Waals surface area (Å²) in [5.74, 6) is -0.236. The SMILES string of the molecule is CCC(C(N)=O)N1CCc2ccc(N)cc2C1. The van der Waals surface area contributed by atoms with Gasteiger partial charge in [0.15, 0.2) is 0 Å². The van der Waals surface area contributed by atoms with Gasteiger partial charge in [-0.1, -0.05) is 13.0 Å². The van der Waals surface area contributed by atoms with Crippen LogP contribution in [0.2, 0.25) is 0 Å². The van der Waals surface area contributed by atoms with Crippen LogP contribution in [0.25, 0.3) is 0 Å². The van der Waals surface area contributed by atoms with Crippen LogP contribution in [0, 0.1) is 0 Å². The lowest BCUT2D eigenvalue weighted by atomic mass is 9.97. The third-order valence-electron chi connectivity index (χ3n) is 3.43. The Labute approximate surface area is 102 Å². The number of nitrogen functional groups attached to an aromatic ring is 1. The van der Waals surface area contributed by atoms with Crippen molar-refractivity contribution in [2.24, 2.45) is 5.73 Å². The molecule has 1 unspecified atom stereocenters. The average Bonchev–Trinajstić information content (AvgIpc) is 2.29. The lowest BCUT2D eigenvalue weighted by Gasteiger charge is -2.33. The predicted molar refractivity (Wildman–Crippen MR) is 68.2 cm³/mol. The van der Waals surface area contributed by atoms with Crippen LogP contribution in [-0.4, -0.2) is 23.4 Å². The molecular formula is C13H19N3O. The van der Waals surface area contributed by atoms with Gasteiger partial charge >= 0.3 is 0 Å². The number of primary amides is 1. The van der Waals surface area contributed by atoms with Gasteiger partial charge in [-0.15, -0.1) is 0 Å². The monoisotopic (exact) mass is 233 g/mol. The summed E-state index contributed by atoms with van der Waals surface area (Å²) in [5.41, 5.74) is 14.5. The van der Waals surface area contributed by atoms with Crippen LogP contribution in [-0.2, 0) is 17.8 Å². The third kappa shape index (κ3) is 2.42. The quantitative estimate of drug-likeness (QED) is 0.762. The maximum absolute atomic E-state index is 11.4. The first kappa shape index (κ1) is 11.9. The topological polar surface area (TPSA) is 72.4 Å². The number of fused-ring (bicyclic) bond motifs is 1. The summed E-state index contributed by atoms with van der Waals surface area (Å²) in [4.78, 5) is 13.5. The van der Waals surface area contributed by atoms with Gasteiger partial charge in [0.1, 0.15) is 0 Å². The maximum Gasteiger partial charge on any atom is 0.234 e. The maximum atomic E-state index is 11.4. The second-order valence-electron chi connectivity index (χ2n) is 4.58. The fourth-order valence-corrected chi connectivity index (χ4v) is 2.50. The number of anilines is 1. The molecule has 2 rings (SSSR count). The molecule has 0 bridgehead atoms. The Morgan fingerprint density at radius 2 is 2.24 bits per heavy atom. The Kier molecular flexibility index (Phi) is 3.33. The molecule has 4 nitrogen and oxygen atoms in total. The molecule has 1 atom stereocenters. The van der Waals surface area contributed by atoms with Crippen molar-refractivity contribution in [3.8, 4) is 0 Å². The Morgan fingerprint density at radius 3 is 2.88 bits per heavy atom. The Bertz CT molecular complexity index is 431. The van der Waals surface area contributed by atoms with Gasteiger partial charge in [-0.25, -0.2) is 0 Å². The van der Waals surface area contributed by atoms with E-state index in [2.05, 4.69) is 11.0 Å². The fourth-order valence-electron chi connectivity index (χ4n) is 2.50. The zero-order valence-electron chi connectivity index (χ0n) is 10.1. The second-order valence-corrected chi connectivity index (χ2v) is 4.58. The minimum atomic E-state index is -0.236. The fraction of sp³-hybridized carbons (Fsp3) is 0.462. The summed E-state index contributed by atoms with van der Waals surface area (Å²) in [5, 5.41) is 0. The predicted octanol–water partition coefficient (Wildman–Crippen LogP) is 0.891. The van der Waals surface area contributed by atoms with Crippen molar-refractivity contribution < 1.29 is 4.79 Å². The van der Waals surface area contributed by atoms with E-state index in [1.807, 2.05) is 19.1 Å². The molecule has 4 heteroatoms. The Balaban J connectivity index is 2.20. The number of nitrogens with two attached hydrogens (primary N) is 2. The minimum absolute atomic E-state index is 0.162. The highest BCUT2D eigenvalue weighted by Crippen LogP contribution is 2.23. The number of carbonyl (C=O) groups excluding carboxylic acids is 1. The van der Waals surface area contributed by atoms with E-state index in [0.717, 1.165) is 31.6 Å². The zero-order valence-corrected chi connectivity index (χ0v) is 10.1. The molecule has 92 valence electrons. The van der Waals surface area contributed by atoms with E-state index < -0.39 is 0 Å². The van der Waals surface area contributed by atoms with E-state index in [0.29, 0.717) is 0 Å². The summed E-state index contributed by atoms with van der Waals surface area (Å²) >= 11 is 0. The molecule has 0 saturated carbocycles. The van der Waals surface area contributed by atoms with Crippen molar-refractivity contribution in [2.75, 3.05) is 12.3 Å². The third-order valence-corrected chi connectivity index (χ3v) is 3.43. The van der Waals surface area contributed by atoms with E-state index in [4.69, 9.17) is 11.5 Å². The first-order valence-corrected chi connectivity index (χ1v) is 6.02. The van der Waals surface area contributed by atoms with Crippen LogP contribution in [0.3, 0.4) is 0 Å². The normalized spacial score (nSPS) is 17.5. The lowest BCUT2D eigenvalue weighted by Crippen LogP contribution is -2.46. The van der Waals surface area contributed by atoms with E-state index in [1.54, 1.807) is 0 Å². The molecule has 1 aliphatic heterocycles. The molecule has 1 aliphatic rings. The minimum Gasteiger partial charge on any atom is -0.399 e. The molecule has 0 saturated heterocycles. The van der Waals surface area contributed by atoms with E-state index in [1.165, 1.54) is 11.1 Å². The zero-order chi connectivity index (χ0) is 12.4. The molecule has 1 amide bonds. The van der Waals surface area contributed by atoms with Crippen LogP contribution < -0.4 is 11.5 Å². The molecule has 0 radical (unpaired) electrons. The number of nitrogens with zero attached hydrogens (tertiary/aromatic N) is 1. The standard InChI is InChI=1S/C13H19N3O/c1-2-12(13(15)17)16-6-5-9-3-4-11(14)7-10(9)8-16/h3-4,7,12H,2,5-6,8,14H2,1H3,(H2,15,17). The highest BCUT2D eigenvalue weighted by Gasteiger charge is 2.25. The number of carbonyl (C=O) groups is 1. The smallest absolute Gasteiger partial charge is 0.234 e. The highest BCUT2D eigenvalue weighted by molar-refractivity contribution is 5.79. The van der Waals surface area contributed by atoms with Crippen LogP contribution >= 0.6 is 0 Å². The molecule has 1 aromatic rings. The summed E-state index contributed by atoms with van der Waals surface area (Å²) in [7, 11) is 0. The van der Waals surface area contributed by atoms with Crippen molar-refractivity contribution in [1.82, 2.24) is 4.90 Å². The highest BCUT2D eigenvalue weighted by atomic mass is 16.1. The van der Waals surface area contributed by atoms with Crippen molar-refractivity contribution in [1.29, 1.82) is 0 Å². The molecular weight excluding hydrogens is 214 g/mol. The van der Waals surface area contributed by atoms with Crippen LogP contribution in [0.4, 0.5) is 5.69 Å². The van der Waals surface area contributed by atoms with E-state index in [-0.39, 0.29) is 11.9 Å².